The zero-order chi connectivity index (χ0) is 14.4. The fourth-order valence-electron chi connectivity index (χ4n) is 1.91. The molecule has 0 amide bonds. The number of pyridine rings is 1. The molecular formula is C16H19NO2S. The summed E-state index contributed by atoms with van der Waals surface area (Å²) >= 11 is 1.69. The molecule has 0 aliphatic heterocycles. The van der Waals surface area contributed by atoms with E-state index in [9.17, 15) is 5.11 Å². The third-order valence-electron chi connectivity index (χ3n) is 2.89. The lowest BCUT2D eigenvalue weighted by Crippen LogP contribution is -1.97. The zero-order valence-corrected chi connectivity index (χ0v) is 12.6. The Hall–Kier alpha value is -1.52. The van der Waals surface area contributed by atoms with Crippen molar-refractivity contribution in [1.29, 1.82) is 0 Å². The van der Waals surface area contributed by atoms with E-state index in [1.807, 2.05) is 36.6 Å². The van der Waals surface area contributed by atoms with E-state index >= 15 is 0 Å². The molecule has 2 aromatic rings. The maximum Gasteiger partial charge on any atom is 0.219 e. The maximum atomic E-state index is 9.30. The van der Waals surface area contributed by atoms with Crippen LogP contribution in [-0.2, 0) is 13.0 Å². The summed E-state index contributed by atoms with van der Waals surface area (Å²) in [6, 6.07) is 11.6. The minimum absolute atomic E-state index is 0.000999. The third-order valence-corrected chi connectivity index (χ3v) is 3.63. The van der Waals surface area contributed by atoms with Gasteiger partial charge in [0.1, 0.15) is 5.75 Å². The highest BCUT2D eigenvalue weighted by atomic mass is 32.2. The Labute approximate surface area is 124 Å². The van der Waals surface area contributed by atoms with Gasteiger partial charge in [0, 0.05) is 16.7 Å². The molecule has 0 saturated carbocycles. The Kier molecular flexibility index (Phi) is 5.44. The molecule has 0 fully saturated rings. The molecule has 1 aromatic carbocycles. The second-order valence-electron chi connectivity index (χ2n) is 4.49. The molecule has 0 aliphatic rings. The van der Waals surface area contributed by atoms with Gasteiger partial charge in [-0.05, 0) is 48.6 Å². The van der Waals surface area contributed by atoms with Gasteiger partial charge < -0.3 is 9.84 Å². The third kappa shape index (κ3) is 3.99. The van der Waals surface area contributed by atoms with E-state index < -0.39 is 0 Å². The van der Waals surface area contributed by atoms with Crippen LogP contribution in [0.3, 0.4) is 0 Å². The number of aliphatic hydroxyl groups excluding tert-OH is 1. The molecule has 4 heteroatoms. The molecule has 0 unspecified atom stereocenters. The number of ether oxygens (including phenoxy) is 1. The van der Waals surface area contributed by atoms with E-state index in [1.165, 1.54) is 4.90 Å². The van der Waals surface area contributed by atoms with Gasteiger partial charge in [0.2, 0.25) is 5.88 Å². The summed E-state index contributed by atoms with van der Waals surface area (Å²) in [6.07, 6.45) is 3.94. The van der Waals surface area contributed by atoms with Crippen LogP contribution >= 0.6 is 11.8 Å². The second-order valence-corrected chi connectivity index (χ2v) is 5.37. The molecule has 0 aliphatic carbocycles. The van der Waals surface area contributed by atoms with Gasteiger partial charge in [0.25, 0.3) is 0 Å². The first-order valence-corrected chi connectivity index (χ1v) is 7.90. The van der Waals surface area contributed by atoms with Crippen molar-refractivity contribution >= 4 is 11.8 Å². The maximum absolute atomic E-state index is 9.30. The summed E-state index contributed by atoms with van der Waals surface area (Å²) < 4.78 is 5.78. The van der Waals surface area contributed by atoms with Crippen LogP contribution in [0.5, 0.6) is 11.6 Å². The lowest BCUT2D eigenvalue weighted by Gasteiger charge is -2.09. The highest BCUT2D eigenvalue weighted by molar-refractivity contribution is 7.98. The Morgan fingerprint density at radius 1 is 1.20 bits per heavy atom. The first kappa shape index (κ1) is 14.9. The summed E-state index contributed by atoms with van der Waals surface area (Å²) in [4.78, 5) is 5.67. The van der Waals surface area contributed by atoms with E-state index in [1.54, 1.807) is 17.8 Å². The highest BCUT2D eigenvalue weighted by Crippen LogP contribution is 2.24. The van der Waals surface area contributed by atoms with Crippen molar-refractivity contribution in [2.24, 2.45) is 0 Å². The smallest absolute Gasteiger partial charge is 0.219 e. The highest BCUT2D eigenvalue weighted by Gasteiger charge is 2.05. The summed E-state index contributed by atoms with van der Waals surface area (Å²) in [7, 11) is 0. The topological polar surface area (TPSA) is 42.4 Å². The lowest BCUT2D eigenvalue weighted by molar-refractivity contribution is 0.280. The second kappa shape index (κ2) is 7.31. The van der Waals surface area contributed by atoms with E-state index in [0.29, 0.717) is 5.88 Å². The predicted molar refractivity (Wildman–Crippen MR) is 82.5 cm³/mol. The number of hydrogen-bond acceptors (Lipinski definition) is 4. The summed E-state index contributed by atoms with van der Waals surface area (Å²) in [6.45, 7) is 2.11. The van der Waals surface area contributed by atoms with Crippen LogP contribution in [0, 0.1) is 0 Å². The van der Waals surface area contributed by atoms with Gasteiger partial charge >= 0.3 is 0 Å². The fourth-order valence-corrected chi connectivity index (χ4v) is 2.32. The minimum atomic E-state index is 0.000999. The standard InChI is InChI=1S/C16H19NO2S/c1-3-4-13-9-12(11-18)10-16(17-13)19-14-5-7-15(20-2)8-6-14/h5-10,18H,3-4,11H2,1-2H3. The number of thioether (sulfide) groups is 1. The van der Waals surface area contributed by atoms with Crippen molar-refractivity contribution in [1.82, 2.24) is 4.98 Å². The predicted octanol–water partition coefficient (Wildman–Crippen LogP) is 4.04. The average molecular weight is 289 g/mol. The number of aromatic nitrogens is 1. The van der Waals surface area contributed by atoms with Gasteiger partial charge in [-0.25, -0.2) is 4.98 Å². The molecule has 0 radical (unpaired) electrons. The molecule has 1 aromatic heterocycles. The Bertz CT molecular complexity index is 555. The van der Waals surface area contributed by atoms with E-state index in [4.69, 9.17) is 4.74 Å². The number of hydrogen-bond donors (Lipinski definition) is 1. The number of rotatable bonds is 6. The van der Waals surface area contributed by atoms with E-state index in [-0.39, 0.29) is 6.61 Å². The Morgan fingerprint density at radius 2 is 1.95 bits per heavy atom. The number of aryl methyl sites for hydroxylation is 1. The molecule has 2 rings (SSSR count). The first-order chi connectivity index (χ1) is 9.75. The molecule has 0 atom stereocenters. The fraction of sp³-hybridized carbons (Fsp3) is 0.312. The van der Waals surface area contributed by atoms with Crippen molar-refractivity contribution in [3.05, 3.63) is 47.7 Å². The van der Waals surface area contributed by atoms with E-state index in [2.05, 4.69) is 11.9 Å². The first-order valence-electron chi connectivity index (χ1n) is 6.67. The normalized spacial score (nSPS) is 10.6. The molecule has 0 bridgehead atoms. The van der Waals surface area contributed by atoms with Crippen LogP contribution in [0.2, 0.25) is 0 Å². The molecule has 1 heterocycles. The molecule has 106 valence electrons. The van der Waals surface area contributed by atoms with Gasteiger partial charge in [-0.3, -0.25) is 0 Å². The number of aliphatic hydroxyl groups is 1. The van der Waals surface area contributed by atoms with Crippen LogP contribution in [0.4, 0.5) is 0 Å². The molecule has 0 saturated heterocycles. The number of benzene rings is 1. The van der Waals surface area contributed by atoms with Crippen molar-refractivity contribution < 1.29 is 9.84 Å². The monoisotopic (exact) mass is 289 g/mol. The molecule has 20 heavy (non-hydrogen) atoms. The van der Waals surface area contributed by atoms with Gasteiger partial charge in [0.05, 0.1) is 6.61 Å². The van der Waals surface area contributed by atoms with Crippen molar-refractivity contribution in [2.45, 2.75) is 31.3 Å². The molecule has 1 N–H and O–H groups in total. The van der Waals surface area contributed by atoms with Crippen LogP contribution in [0.1, 0.15) is 24.6 Å². The largest absolute Gasteiger partial charge is 0.439 e. The zero-order valence-electron chi connectivity index (χ0n) is 11.8. The molecule has 0 spiro atoms. The van der Waals surface area contributed by atoms with Crippen molar-refractivity contribution in [3.63, 3.8) is 0 Å². The van der Waals surface area contributed by atoms with Gasteiger partial charge in [-0.2, -0.15) is 0 Å². The Balaban J connectivity index is 2.20. The molecule has 3 nitrogen and oxygen atoms in total. The molecular weight excluding hydrogens is 270 g/mol. The lowest BCUT2D eigenvalue weighted by atomic mass is 10.2. The van der Waals surface area contributed by atoms with Gasteiger partial charge in [0.15, 0.2) is 0 Å². The van der Waals surface area contributed by atoms with Crippen molar-refractivity contribution in [2.75, 3.05) is 6.26 Å². The van der Waals surface area contributed by atoms with Crippen LogP contribution in [0.25, 0.3) is 0 Å². The van der Waals surface area contributed by atoms with Gasteiger partial charge in [-0.15, -0.1) is 11.8 Å². The minimum Gasteiger partial charge on any atom is -0.439 e. The van der Waals surface area contributed by atoms with Gasteiger partial charge in [-0.1, -0.05) is 13.3 Å². The van der Waals surface area contributed by atoms with Crippen molar-refractivity contribution in [3.8, 4) is 11.6 Å². The number of nitrogens with zero attached hydrogens (tertiary/aromatic N) is 1. The van der Waals surface area contributed by atoms with Crippen LogP contribution < -0.4 is 4.74 Å². The summed E-state index contributed by atoms with van der Waals surface area (Å²) in [5.74, 6) is 1.30. The van der Waals surface area contributed by atoms with E-state index in [0.717, 1.165) is 29.8 Å². The van der Waals surface area contributed by atoms with Crippen LogP contribution in [-0.4, -0.2) is 16.3 Å². The quantitative estimate of drug-likeness (QED) is 0.815. The Morgan fingerprint density at radius 3 is 2.55 bits per heavy atom. The average Bonchev–Trinajstić information content (AvgIpc) is 2.48. The summed E-state index contributed by atoms with van der Waals surface area (Å²) in [5.41, 5.74) is 1.79. The summed E-state index contributed by atoms with van der Waals surface area (Å²) in [5, 5.41) is 9.30. The SMILES string of the molecule is CCCc1cc(CO)cc(Oc2ccc(SC)cc2)n1. The van der Waals surface area contributed by atoms with Crippen LogP contribution in [0.15, 0.2) is 41.3 Å².